The molecule has 0 amide bonds. The van der Waals surface area contributed by atoms with E-state index in [9.17, 15) is 18.8 Å². The third-order valence-corrected chi connectivity index (χ3v) is 5.20. The molecule has 152 valence electrons. The average molecular weight is 418 g/mol. The van der Waals surface area contributed by atoms with Gasteiger partial charge >= 0.3 is 5.69 Å². The van der Waals surface area contributed by atoms with Gasteiger partial charge in [-0.1, -0.05) is 12.1 Å². The van der Waals surface area contributed by atoms with Crippen LogP contribution in [0.5, 0.6) is 0 Å². The molecule has 2 aromatic carbocycles. The molecule has 4 rings (SSSR count). The smallest absolute Gasteiger partial charge is 0.307 e. The number of hydrogen-bond acceptors (Lipinski definition) is 4. The van der Waals surface area contributed by atoms with E-state index in [2.05, 4.69) is 9.88 Å². The molecule has 8 heteroatoms. The zero-order chi connectivity index (χ0) is 19.7. The number of rotatable bonds is 6. The molecule has 1 N–H and O–H groups in total. The minimum atomic E-state index is -0.410. The first kappa shape index (κ1) is 21.0. The molecule has 1 aromatic heterocycles. The Morgan fingerprint density at radius 2 is 1.72 bits per heavy atom. The van der Waals surface area contributed by atoms with Crippen molar-refractivity contribution in [2.45, 2.75) is 13.0 Å². The molecule has 0 atom stereocenters. The molecule has 0 unspecified atom stereocenters. The van der Waals surface area contributed by atoms with Gasteiger partial charge in [-0.3, -0.25) is 14.2 Å². The zero-order valence-electron chi connectivity index (χ0n) is 15.6. The van der Waals surface area contributed by atoms with Crippen molar-refractivity contribution in [3.05, 3.63) is 80.7 Å². The van der Waals surface area contributed by atoms with Gasteiger partial charge in [0.25, 0.3) is 5.56 Å². The van der Waals surface area contributed by atoms with Crippen molar-refractivity contribution in [3.8, 4) is 0 Å². The Morgan fingerprint density at radius 3 is 2.45 bits per heavy atom. The minimum absolute atomic E-state index is 0. The summed E-state index contributed by atoms with van der Waals surface area (Å²) in [6.07, 6.45) is 0.415. The fourth-order valence-corrected chi connectivity index (χ4v) is 3.65. The molecule has 1 aliphatic rings. The first-order chi connectivity index (χ1) is 13.5. The van der Waals surface area contributed by atoms with Gasteiger partial charge in [0.1, 0.15) is 5.82 Å². The standard InChI is InChI=1S/C21H20FN3O3.ClH/c22-16-7-5-15(6-8-16)19(26)11-14-12-24(13-14)9-10-25-20(27)17-3-1-2-4-18(17)23-21(25)28;/h1-8,14H,9-13H2,(H,23,28);1H. The van der Waals surface area contributed by atoms with Crippen molar-refractivity contribution < 1.29 is 9.18 Å². The highest BCUT2D eigenvalue weighted by atomic mass is 35.5. The maximum absolute atomic E-state index is 12.9. The van der Waals surface area contributed by atoms with Crippen LogP contribution in [0.2, 0.25) is 0 Å². The second-order valence-corrected chi connectivity index (χ2v) is 7.19. The molecule has 0 bridgehead atoms. The van der Waals surface area contributed by atoms with Gasteiger partial charge < -0.3 is 9.88 Å². The molecule has 1 saturated heterocycles. The largest absolute Gasteiger partial charge is 0.328 e. The second kappa shape index (κ2) is 8.71. The van der Waals surface area contributed by atoms with Gasteiger partial charge in [0.2, 0.25) is 0 Å². The van der Waals surface area contributed by atoms with Gasteiger partial charge in [-0.15, -0.1) is 12.4 Å². The number of para-hydroxylation sites is 1. The van der Waals surface area contributed by atoms with E-state index in [0.717, 1.165) is 13.1 Å². The van der Waals surface area contributed by atoms with E-state index in [-0.39, 0.29) is 35.5 Å². The zero-order valence-corrected chi connectivity index (χ0v) is 16.5. The SMILES string of the molecule is Cl.O=C(CC1CN(CCn2c(=O)[nH]c3ccccc3c2=O)C1)c1ccc(F)cc1. The Balaban J connectivity index is 0.00000240. The summed E-state index contributed by atoms with van der Waals surface area (Å²) in [6, 6.07) is 12.5. The molecule has 0 saturated carbocycles. The van der Waals surface area contributed by atoms with Crippen LogP contribution >= 0.6 is 12.4 Å². The van der Waals surface area contributed by atoms with Crippen LogP contribution in [0.25, 0.3) is 10.9 Å². The number of hydrogen-bond donors (Lipinski definition) is 1. The lowest BCUT2D eigenvalue weighted by Crippen LogP contribution is -2.50. The van der Waals surface area contributed by atoms with Crippen LogP contribution in [0.15, 0.2) is 58.1 Å². The molecule has 1 fully saturated rings. The van der Waals surface area contributed by atoms with E-state index in [1.54, 1.807) is 24.3 Å². The van der Waals surface area contributed by atoms with Crippen LogP contribution in [0.3, 0.4) is 0 Å². The molecule has 1 aliphatic heterocycles. The van der Waals surface area contributed by atoms with Gasteiger partial charge in [-0.25, -0.2) is 9.18 Å². The maximum Gasteiger partial charge on any atom is 0.328 e. The summed E-state index contributed by atoms with van der Waals surface area (Å²) >= 11 is 0. The molecule has 0 aliphatic carbocycles. The number of likely N-dealkylation sites (tertiary alicyclic amines) is 1. The summed E-state index contributed by atoms with van der Waals surface area (Å²) in [5.41, 5.74) is 0.362. The predicted octanol–water partition coefficient (Wildman–Crippen LogP) is 2.46. The normalized spacial score (nSPS) is 14.4. The summed E-state index contributed by atoms with van der Waals surface area (Å²) < 4.78 is 14.2. The van der Waals surface area contributed by atoms with Crippen LogP contribution in [0.1, 0.15) is 16.8 Å². The fourth-order valence-electron chi connectivity index (χ4n) is 3.65. The number of Topliss-reactive ketones (excluding diaryl/α,β-unsaturated/α-hetero) is 1. The number of carbonyl (C=O) groups excluding carboxylic acids is 1. The van der Waals surface area contributed by atoms with Crippen molar-refractivity contribution in [2.75, 3.05) is 19.6 Å². The summed E-state index contributed by atoms with van der Waals surface area (Å²) in [4.78, 5) is 41.8. The molecule has 0 spiro atoms. The lowest BCUT2D eigenvalue weighted by atomic mass is 9.92. The van der Waals surface area contributed by atoms with Crippen molar-refractivity contribution in [2.24, 2.45) is 5.92 Å². The van der Waals surface area contributed by atoms with Crippen LogP contribution in [0, 0.1) is 11.7 Å². The third-order valence-electron chi connectivity index (χ3n) is 5.20. The van der Waals surface area contributed by atoms with Crippen molar-refractivity contribution >= 4 is 29.1 Å². The number of carbonyl (C=O) groups is 1. The van der Waals surface area contributed by atoms with Crippen LogP contribution in [0.4, 0.5) is 4.39 Å². The number of aromatic amines is 1. The van der Waals surface area contributed by atoms with E-state index in [1.807, 2.05) is 0 Å². The average Bonchev–Trinajstić information content (AvgIpc) is 2.65. The Hall–Kier alpha value is -2.77. The maximum atomic E-state index is 12.9. The van der Waals surface area contributed by atoms with Crippen molar-refractivity contribution in [1.82, 2.24) is 14.5 Å². The monoisotopic (exact) mass is 417 g/mol. The summed E-state index contributed by atoms with van der Waals surface area (Å²) in [5, 5.41) is 0.494. The Morgan fingerprint density at radius 1 is 1.03 bits per heavy atom. The van der Waals surface area contributed by atoms with E-state index in [0.29, 0.717) is 36.0 Å². The molecule has 2 heterocycles. The van der Waals surface area contributed by atoms with Gasteiger partial charge in [0, 0.05) is 38.2 Å². The van der Waals surface area contributed by atoms with E-state index >= 15 is 0 Å². The van der Waals surface area contributed by atoms with Crippen LogP contribution < -0.4 is 11.2 Å². The molecule has 6 nitrogen and oxygen atoms in total. The summed E-state index contributed by atoms with van der Waals surface area (Å²) in [7, 11) is 0. The number of nitrogens with zero attached hydrogens (tertiary/aromatic N) is 2. The van der Waals surface area contributed by atoms with Crippen molar-refractivity contribution in [3.63, 3.8) is 0 Å². The minimum Gasteiger partial charge on any atom is -0.307 e. The van der Waals surface area contributed by atoms with Gasteiger partial charge in [0.05, 0.1) is 10.9 Å². The molecule has 29 heavy (non-hydrogen) atoms. The van der Waals surface area contributed by atoms with E-state index in [4.69, 9.17) is 0 Å². The third kappa shape index (κ3) is 4.46. The molecule has 3 aromatic rings. The number of fused-ring (bicyclic) bond motifs is 1. The first-order valence-electron chi connectivity index (χ1n) is 9.24. The van der Waals surface area contributed by atoms with Gasteiger partial charge in [-0.2, -0.15) is 0 Å². The highest BCUT2D eigenvalue weighted by molar-refractivity contribution is 5.96. The number of aromatic nitrogens is 2. The first-order valence-corrected chi connectivity index (χ1v) is 9.24. The number of benzene rings is 2. The lowest BCUT2D eigenvalue weighted by Gasteiger charge is -2.39. The summed E-state index contributed by atoms with van der Waals surface area (Å²) in [5.74, 6) is -0.110. The number of nitrogens with one attached hydrogen (secondary N) is 1. The quantitative estimate of drug-likeness (QED) is 0.625. The van der Waals surface area contributed by atoms with Gasteiger partial charge in [-0.05, 0) is 42.3 Å². The Bertz CT molecular complexity index is 1130. The van der Waals surface area contributed by atoms with Gasteiger partial charge in [0.15, 0.2) is 5.78 Å². The Kier molecular flexibility index (Phi) is 6.30. The number of ketones is 1. The second-order valence-electron chi connectivity index (χ2n) is 7.19. The molecular weight excluding hydrogens is 397 g/mol. The molecule has 0 radical (unpaired) electrons. The highest BCUT2D eigenvalue weighted by Gasteiger charge is 2.28. The van der Waals surface area contributed by atoms with Crippen LogP contribution in [-0.4, -0.2) is 39.9 Å². The summed E-state index contributed by atoms with van der Waals surface area (Å²) in [6.45, 7) is 2.36. The lowest BCUT2D eigenvalue weighted by molar-refractivity contribution is 0.0722. The predicted molar refractivity (Wildman–Crippen MR) is 111 cm³/mol. The topological polar surface area (TPSA) is 75.2 Å². The number of H-pyrrole nitrogens is 1. The fraction of sp³-hybridized carbons (Fsp3) is 0.286. The number of halogens is 2. The van der Waals surface area contributed by atoms with Crippen LogP contribution in [-0.2, 0) is 6.54 Å². The van der Waals surface area contributed by atoms with E-state index in [1.165, 1.54) is 28.8 Å². The van der Waals surface area contributed by atoms with E-state index < -0.39 is 5.69 Å². The highest BCUT2D eigenvalue weighted by Crippen LogP contribution is 2.21. The van der Waals surface area contributed by atoms with Crippen molar-refractivity contribution in [1.29, 1.82) is 0 Å². The Labute approximate surface area is 172 Å². The molecular formula is C21H21ClFN3O3.